The first-order chi connectivity index (χ1) is 9.31. The molecule has 2 aromatic heterocycles. The van der Waals surface area contributed by atoms with Gasteiger partial charge in [-0.2, -0.15) is 10.5 Å². The average molecular weight is 245 g/mol. The Hall–Kier alpha value is -3.18. The van der Waals surface area contributed by atoms with Gasteiger partial charge in [-0.1, -0.05) is 12.1 Å². The van der Waals surface area contributed by atoms with E-state index in [2.05, 4.69) is 22.3 Å². The van der Waals surface area contributed by atoms with E-state index in [9.17, 15) is 0 Å². The Kier molecular flexibility index (Phi) is 2.45. The maximum absolute atomic E-state index is 8.91. The zero-order valence-electron chi connectivity index (χ0n) is 9.78. The number of hydrogen-bond acceptors (Lipinski definition) is 4. The van der Waals surface area contributed by atoms with E-state index in [4.69, 9.17) is 10.5 Å². The molecule has 5 heteroatoms. The van der Waals surface area contributed by atoms with Gasteiger partial charge in [0.2, 0.25) is 0 Å². The monoisotopic (exact) mass is 245 g/mol. The summed E-state index contributed by atoms with van der Waals surface area (Å²) in [5.41, 5.74) is 2.53. The van der Waals surface area contributed by atoms with Gasteiger partial charge < -0.3 is 0 Å². The smallest absolute Gasteiger partial charge is 0.168 e. The molecule has 0 bridgehead atoms. The standard InChI is InChI=1S/C14H7N5/c15-8-10-2-1-3-12(6-10)14-18-17-13-7-11(9-16)4-5-19(13)14/h1-7H. The molecule has 0 unspecified atom stereocenters. The van der Waals surface area contributed by atoms with Gasteiger partial charge in [-0.3, -0.25) is 4.40 Å². The normalized spacial score (nSPS) is 10.0. The summed E-state index contributed by atoms with van der Waals surface area (Å²) in [4.78, 5) is 0. The molecule has 0 aliphatic carbocycles. The second kappa shape index (κ2) is 4.25. The number of fused-ring (bicyclic) bond motifs is 1. The summed E-state index contributed by atoms with van der Waals surface area (Å²) in [6.45, 7) is 0. The van der Waals surface area contributed by atoms with E-state index in [1.807, 2.05) is 6.07 Å². The Morgan fingerprint density at radius 3 is 2.53 bits per heavy atom. The molecule has 0 spiro atoms. The minimum atomic E-state index is 0.539. The van der Waals surface area contributed by atoms with Crippen molar-refractivity contribution >= 4 is 5.65 Å². The maximum atomic E-state index is 8.91. The van der Waals surface area contributed by atoms with Crippen molar-refractivity contribution in [3.63, 3.8) is 0 Å². The Balaban J connectivity index is 2.21. The number of benzene rings is 1. The van der Waals surface area contributed by atoms with Crippen LogP contribution in [-0.2, 0) is 0 Å². The van der Waals surface area contributed by atoms with Crippen LogP contribution in [0.3, 0.4) is 0 Å². The second-order valence-electron chi connectivity index (χ2n) is 3.97. The molecule has 0 atom stereocenters. The van der Waals surface area contributed by atoms with E-state index < -0.39 is 0 Å². The Morgan fingerprint density at radius 2 is 1.74 bits per heavy atom. The van der Waals surface area contributed by atoms with Gasteiger partial charge in [0.25, 0.3) is 0 Å². The molecule has 3 aromatic rings. The highest BCUT2D eigenvalue weighted by atomic mass is 15.2. The number of aromatic nitrogens is 3. The van der Waals surface area contributed by atoms with E-state index in [0.29, 0.717) is 22.6 Å². The summed E-state index contributed by atoms with van der Waals surface area (Å²) in [7, 11) is 0. The predicted molar refractivity (Wildman–Crippen MR) is 67.9 cm³/mol. The molecule has 2 heterocycles. The van der Waals surface area contributed by atoms with Crippen LogP contribution in [0.5, 0.6) is 0 Å². The zero-order chi connectivity index (χ0) is 13.2. The molecule has 88 valence electrons. The Morgan fingerprint density at radius 1 is 0.947 bits per heavy atom. The van der Waals surface area contributed by atoms with Crippen LogP contribution in [0.4, 0.5) is 0 Å². The molecule has 0 aliphatic rings. The zero-order valence-corrected chi connectivity index (χ0v) is 9.78. The first-order valence-corrected chi connectivity index (χ1v) is 5.57. The van der Waals surface area contributed by atoms with Gasteiger partial charge >= 0.3 is 0 Å². The van der Waals surface area contributed by atoms with E-state index in [1.54, 1.807) is 40.9 Å². The van der Waals surface area contributed by atoms with Gasteiger partial charge in [-0.15, -0.1) is 10.2 Å². The molecule has 19 heavy (non-hydrogen) atoms. The van der Waals surface area contributed by atoms with Crippen molar-refractivity contribution in [2.45, 2.75) is 0 Å². The first kappa shape index (κ1) is 10.9. The second-order valence-corrected chi connectivity index (χ2v) is 3.97. The summed E-state index contributed by atoms with van der Waals surface area (Å²) >= 11 is 0. The Bertz CT molecular complexity index is 848. The summed E-state index contributed by atoms with van der Waals surface area (Å²) < 4.78 is 1.79. The highest BCUT2D eigenvalue weighted by molar-refractivity contribution is 5.62. The van der Waals surface area contributed by atoms with Crippen LogP contribution < -0.4 is 0 Å². The van der Waals surface area contributed by atoms with E-state index in [-0.39, 0.29) is 0 Å². The molecular weight excluding hydrogens is 238 g/mol. The third kappa shape index (κ3) is 1.80. The number of nitrogens with zero attached hydrogens (tertiary/aromatic N) is 5. The van der Waals surface area contributed by atoms with Crippen molar-refractivity contribution in [2.24, 2.45) is 0 Å². The van der Waals surface area contributed by atoms with Crippen LogP contribution in [0.2, 0.25) is 0 Å². The summed E-state index contributed by atoms with van der Waals surface area (Å²) in [6, 6.07) is 14.7. The number of pyridine rings is 1. The molecule has 1 aromatic carbocycles. The van der Waals surface area contributed by atoms with Crippen molar-refractivity contribution in [2.75, 3.05) is 0 Å². The van der Waals surface area contributed by atoms with Gasteiger partial charge in [-0.05, 0) is 18.2 Å². The summed E-state index contributed by atoms with van der Waals surface area (Å²) in [5, 5.41) is 25.9. The van der Waals surface area contributed by atoms with Crippen molar-refractivity contribution in [3.8, 4) is 23.5 Å². The largest absolute Gasteiger partial charge is 0.282 e. The van der Waals surface area contributed by atoms with E-state index in [1.165, 1.54) is 0 Å². The van der Waals surface area contributed by atoms with Crippen LogP contribution in [0.15, 0.2) is 42.6 Å². The first-order valence-electron chi connectivity index (χ1n) is 5.57. The molecule has 0 radical (unpaired) electrons. The van der Waals surface area contributed by atoms with Gasteiger partial charge in [0.15, 0.2) is 11.5 Å². The van der Waals surface area contributed by atoms with Crippen molar-refractivity contribution in [1.29, 1.82) is 10.5 Å². The fourth-order valence-electron chi connectivity index (χ4n) is 1.89. The van der Waals surface area contributed by atoms with Crippen molar-refractivity contribution in [1.82, 2.24) is 14.6 Å². The lowest BCUT2D eigenvalue weighted by Gasteiger charge is -2.00. The molecule has 0 N–H and O–H groups in total. The highest BCUT2D eigenvalue weighted by Crippen LogP contribution is 2.19. The fourth-order valence-corrected chi connectivity index (χ4v) is 1.89. The van der Waals surface area contributed by atoms with Crippen LogP contribution in [0, 0.1) is 22.7 Å². The highest BCUT2D eigenvalue weighted by Gasteiger charge is 2.08. The molecule has 5 nitrogen and oxygen atoms in total. The maximum Gasteiger partial charge on any atom is 0.168 e. The lowest BCUT2D eigenvalue weighted by atomic mass is 10.1. The van der Waals surface area contributed by atoms with E-state index in [0.717, 1.165) is 5.56 Å². The van der Waals surface area contributed by atoms with Crippen LogP contribution in [-0.4, -0.2) is 14.6 Å². The van der Waals surface area contributed by atoms with Gasteiger partial charge in [0, 0.05) is 17.8 Å². The van der Waals surface area contributed by atoms with Crippen LogP contribution in [0.25, 0.3) is 17.0 Å². The van der Waals surface area contributed by atoms with E-state index >= 15 is 0 Å². The third-order valence-electron chi connectivity index (χ3n) is 2.79. The lowest BCUT2D eigenvalue weighted by Crippen LogP contribution is -1.90. The van der Waals surface area contributed by atoms with Gasteiger partial charge in [0.05, 0.1) is 23.3 Å². The SMILES string of the molecule is N#Cc1cccc(-c2nnc3cc(C#N)ccn23)c1. The molecule has 0 aliphatic heterocycles. The molecule has 0 saturated carbocycles. The van der Waals surface area contributed by atoms with Gasteiger partial charge in [-0.25, -0.2) is 0 Å². The summed E-state index contributed by atoms with van der Waals surface area (Å²) in [6.07, 6.45) is 1.75. The number of hydrogen-bond donors (Lipinski definition) is 0. The molecule has 3 rings (SSSR count). The molecule has 0 saturated heterocycles. The topological polar surface area (TPSA) is 77.8 Å². The minimum Gasteiger partial charge on any atom is -0.282 e. The average Bonchev–Trinajstić information content (AvgIpc) is 2.90. The minimum absolute atomic E-state index is 0.539. The van der Waals surface area contributed by atoms with Crippen molar-refractivity contribution < 1.29 is 0 Å². The quantitative estimate of drug-likeness (QED) is 0.658. The molecular formula is C14H7N5. The fraction of sp³-hybridized carbons (Fsp3) is 0. The van der Waals surface area contributed by atoms with Crippen LogP contribution in [0.1, 0.15) is 11.1 Å². The van der Waals surface area contributed by atoms with Gasteiger partial charge in [0.1, 0.15) is 0 Å². The third-order valence-corrected chi connectivity index (χ3v) is 2.79. The Labute approximate surface area is 109 Å². The molecule has 0 fully saturated rings. The number of nitriles is 2. The van der Waals surface area contributed by atoms with Crippen LogP contribution >= 0.6 is 0 Å². The summed E-state index contributed by atoms with van der Waals surface area (Å²) in [5.74, 6) is 0.650. The predicted octanol–water partition coefficient (Wildman–Crippen LogP) is 2.14. The van der Waals surface area contributed by atoms with Crippen molar-refractivity contribution in [3.05, 3.63) is 53.7 Å². The lowest BCUT2D eigenvalue weighted by molar-refractivity contribution is 1.11. The molecule has 0 amide bonds. The number of rotatable bonds is 1.